The number of para-hydroxylation sites is 2. The zero-order valence-electron chi connectivity index (χ0n) is 59.5. The van der Waals surface area contributed by atoms with Crippen molar-refractivity contribution in [1.82, 2.24) is 73.8 Å². The topological polar surface area (TPSA) is 648 Å². The fourth-order valence-corrected chi connectivity index (χ4v) is 11.4. The van der Waals surface area contributed by atoms with Crippen LogP contribution in [-0.2, 0) is 99.1 Å². The lowest BCUT2D eigenvalue weighted by Gasteiger charge is -2.29. The zero-order valence-corrected chi connectivity index (χ0v) is 61.3. The molecule has 0 spiro atoms. The van der Waals surface area contributed by atoms with Crippen molar-refractivity contribution >= 4 is 154 Å². The van der Waals surface area contributed by atoms with Crippen molar-refractivity contribution in [2.45, 2.75) is 184 Å². The molecule has 39 nitrogen and oxygen atoms in total. The molecule has 590 valence electrons. The van der Waals surface area contributed by atoms with E-state index in [2.05, 4.69) is 99.0 Å². The number of aliphatic hydroxyl groups is 1. The van der Waals surface area contributed by atoms with E-state index in [1.54, 1.807) is 62.4 Å². The number of nitrogens with two attached hydrogens (primary N) is 4. The third kappa shape index (κ3) is 29.9. The Hall–Kier alpha value is -11.4. The standard InChI is InChI=1S/C67H94N18O21S2/c1-31(2)13-14-40(58(97)76-43(17-21-54(92)93)60(99)82-47(25-52(70)90)57(96)74-28-53(71)91)77-63(102)45(23-34-26-72-38-11-7-5-9-36(34)38)81-59(98)44(18-22-55(94)95)80-66(105)49(30-108)84-61(100)41(15-19-50(68)88)78-64(103)46(24-35-27-73-39-12-8-6-10-37(35)39)83-67(106)56(32(3)86)85-62(101)42(16-20-51(69)89)79-65(104)48(29-107)75-33(4)87/h5-12,26-27,31-32,40-49,56,72-73,86,107-108H,13-25,28-30H2,1-4H3,(H2,68,88)(H2,69,89)(H2,70,90)(H2,71,91)(H,74,96)(H,75,87)(H,76,97)(H,77,102)(H,78,103)(H,79,104)(H,80,105)(H,81,98)(H,82,99)(H,83,106)(H,84,100)(H,85,101)(H,92,93)(H,94,95)/t32-,40+,41+,42+,43+,44+,45+,46+,47+,48+,49+,56+/m1/s1. The molecular formula is C67H94N18O21S2. The average molecular weight is 1550 g/mol. The summed E-state index contributed by atoms with van der Waals surface area (Å²) in [5.41, 5.74) is 23.2. The second-order valence-corrected chi connectivity index (χ2v) is 26.5. The summed E-state index contributed by atoms with van der Waals surface area (Å²) in [7, 11) is 0. The van der Waals surface area contributed by atoms with Gasteiger partial charge in [-0.25, -0.2) is 0 Å². The minimum Gasteiger partial charge on any atom is -0.481 e. The monoisotopic (exact) mass is 1550 g/mol. The number of nitrogens with one attached hydrogen (secondary N) is 14. The predicted molar refractivity (Wildman–Crippen MR) is 391 cm³/mol. The van der Waals surface area contributed by atoms with Gasteiger partial charge in [0.2, 0.25) is 94.5 Å². The van der Waals surface area contributed by atoms with Crippen LogP contribution in [0.2, 0.25) is 0 Å². The van der Waals surface area contributed by atoms with Crippen LogP contribution in [-0.4, -0.2) is 222 Å². The lowest BCUT2D eigenvalue weighted by Crippen LogP contribution is -2.62. The molecule has 12 atom stereocenters. The number of rotatable bonds is 48. The van der Waals surface area contributed by atoms with Crippen LogP contribution in [0.1, 0.15) is 109 Å². The van der Waals surface area contributed by atoms with Gasteiger partial charge < -0.3 is 112 Å². The van der Waals surface area contributed by atoms with Gasteiger partial charge in [-0.15, -0.1) is 0 Å². The number of carbonyl (C=O) groups excluding carboxylic acids is 16. The number of hydrogen-bond donors (Lipinski definition) is 23. The Morgan fingerprint density at radius 3 is 1.08 bits per heavy atom. The van der Waals surface area contributed by atoms with E-state index in [1.807, 2.05) is 0 Å². The molecule has 0 unspecified atom stereocenters. The van der Waals surface area contributed by atoms with E-state index < -0.39 is 249 Å². The highest BCUT2D eigenvalue weighted by molar-refractivity contribution is 7.80. The molecule has 25 N–H and O–H groups in total. The van der Waals surface area contributed by atoms with Crippen molar-refractivity contribution in [3.8, 4) is 0 Å². The lowest BCUT2D eigenvalue weighted by atomic mass is 10.00. The summed E-state index contributed by atoms with van der Waals surface area (Å²) in [6.45, 7) is 5.04. The van der Waals surface area contributed by atoms with Crippen LogP contribution < -0.4 is 86.7 Å². The normalized spacial score (nSPS) is 14.4. The van der Waals surface area contributed by atoms with Gasteiger partial charge in [0.15, 0.2) is 0 Å². The van der Waals surface area contributed by atoms with Crippen LogP contribution in [0.15, 0.2) is 60.9 Å². The Morgan fingerprint density at radius 2 is 0.722 bits per heavy atom. The number of benzene rings is 2. The lowest BCUT2D eigenvalue weighted by molar-refractivity contribution is -0.139. The fraction of sp³-hybridized carbons (Fsp3) is 0.493. The molecule has 0 aliphatic heterocycles. The maximum Gasteiger partial charge on any atom is 0.303 e. The molecular weight excluding hydrogens is 1460 g/mol. The third-order valence-corrected chi connectivity index (χ3v) is 17.3. The predicted octanol–water partition coefficient (Wildman–Crippen LogP) is -5.80. The number of carbonyl (C=O) groups is 18. The Kier molecular flexibility index (Phi) is 36.2. The number of amides is 16. The van der Waals surface area contributed by atoms with E-state index in [1.165, 1.54) is 12.4 Å². The number of aliphatic hydroxyl groups excluding tert-OH is 1. The van der Waals surface area contributed by atoms with Gasteiger partial charge in [0.25, 0.3) is 0 Å². The van der Waals surface area contributed by atoms with E-state index in [-0.39, 0.29) is 37.4 Å². The number of carboxylic acid groups (broad SMARTS) is 2. The summed E-state index contributed by atoms with van der Waals surface area (Å²) in [5, 5.41) is 60.1. The van der Waals surface area contributed by atoms with Gasteiger partial charge in [-0.3, -0.25) is 86.3 Å². The minimum atomic E-state index is -1.93. The molecule has 2 aromatic carbocycles. The molecule has 0 aliphatic carbocycles. The van der Waals surface area contributed by atoms with Crippen molar-refractivity contribution < 1.29 is 102 Å². The molecule has 0 saturated heterocycles. The molecule has 0 fully saturated rings. The SMILES string of the molecule is CC(=O)N[C@@H](CS)C(=O)N[C@@H](CCC(N)=O)C(=O)N[C@H](C(=O)N[C@@H](Cc1c[nH]c2ccccc12)C(=O)N[C@@H](CCC(N)=O)C(=O)N[C@@H](CS)C(=O)N[C@@H](CCC(=O)O)C(=O)N[C@@H](Cc1c[nH]c2ccccc12)C(=O)N[C@@H](CCC(C)C)C(=O)N[C@@H](CCC(=O)O)C(=O)N[C@@H](CC(N)=O)C(=O)NCC(N)=O)[C@@H](C)O. The van der Waals surface area contributed by atoms with Crippen molar-refractivity contribution in [2.24, 2.45) is 28.9 Å². The van der Waals surface area contributed by atoms with Crippen LogP contribution in [0.5, 0.6) is 0 Å². The Morgan fingerprint density at radius 1 is 0.389 bits per heavy atom. The first-order chi connectivity index (χ1) is 50.9. The zero-order chi connectivity index (χ0) is 80.6. The highest BCUT2D eigenvalue weighted by Gasteiger charge is 2.39. The third-order valence-electron chi connectivity index (χ3n) is 16.5. The number of thiol groups is 2. The summed E-state index contributed by atoms with van der Waals surface area (Å²) in [6.07, 6.45) is -5.22. The second-order valence-electron chi connectivity index (χ2n) is 25.7. The van der Waals surface area contributed by atoms with Gasteiger partial charge in [-0.05, 0) is 74.6 Å². The van der Waals surface area contributed by atoms with Crippen LogP contribution in [0.3, 0.4) is 0 Å². The summed E-state index contributed by atoms with van der Waals surface area (Å²) in [5.74, 6) is -20.9. The van der Waals surface area contributed by atoms with Gasteiger partial charge in [0, 0.05) is 91.2 Å². The minimum absolute atomic E-state index is 0.151. The highest BCUT2D eigenvalue weighted by atomic mass is 32.1. The number of fused-ring (bicyclic) bond motifs is 2. The molecule has 2 heterocycles. The van der Waals surface area contributed by atoms with E-state index in [0.717, 1.165) is 13.8 Å². The summed E-state index contributed by atoms with van der Waals surface area (Å²) < 4.78 is 0. The van der Waals surface area contributed by atoms with Crippen LogP contribution in [0.25, 0.3) is 21.8 Å². The molecule has 16 amide bonds. The molecule has 0 bridgehead atoms. The molecule has 4 rings (SSSR count). The van der Waals surface area contributed by atoms with E-state index in [4.69, 9.17) is 22.9 Å². The van der Waals surface area contributed by atoms with Gasteiger partial charge >= 0.3 is 11.9 Å². The number of aromatic nitrogens is 2. The van der Waals surface area contributed by atoms with Gasteiger partial charge in [0.1, 0.15) is 66.5 Å². The van der Waals surface area contributed by atoms with Crippen molar-refractivity contribution in [3.05, 3.63) is 72.1 Å². The molecule has 108 heavy (non-hydrogen) atoms. The molecule has 41 heteroatoms. The summed E-state index contributed by atoms with van der Waals surface area (Å²) >= 11 is 8.33. The number of hydrogen-bond acceptors (Lipinski definition) is 21. The quantitative estimate of drug-likeness (QED) is 0.0183. The first-order valence-electron chi connectivity index (χ1n) is 34.1. The molecule has 2 aromatic heterocycles. The molecule has 4 aromatic rings. The Bertz CT molecular complexity index is 3940. The number of primary amides is 4. The Labute approximate surface area is 628 Å². The molecule has 0 saturated carbocycles. The van der Waals surface area contributed by atoms with Crippen molar-refractivity contribution in [2.75, 3.05) is 18.1 Å². The summed E-state index contributed by atoms with van der Waals surface area (Å²) in [4.78, 5) is 246. The smallest absolute Gasteiger partial charge is 0.303 e. The number of aromatic amines is 2. The number of aliphatic carboxylic acids is 2. The largest absolute Gasteiger partial charge is 0.481 e. The van der Waals surface area contributed by atoms with E-state index in [9.17, 15) is 102 Å². The van der Waals surface area contributed by atoms with Gasteiger partial charge in [0.05, 0.1) is 19.1 Å². The fourth-order valence-electron chi connectivity index (χ4n) is 10.9. The molecule has 0 radical (unpaired) electrons. The Balaban J connectivity index is 1.69. The van der Waals surface area contributed by atoms with E-state index in [0.29, 0.717) is 32.9 Å². The first-order valence-corrected chi connectivity index (χ1v) is 35.3. The van der Waals surface area contributed by atoms with Crippen LogP contribution in [0, 0.1) is 5.92 Å². The van der Waals surface area contributed by atoms with Crippen LogP contribution in [0.4, 0.5) is 0 Å². The first kappa shape index (κ1) is 89.0. The van der Waals surface area contributed by atoms with Gasteiger partial charge in [-0.2, -0.15) is 25.3 Å². The number of carboxylic acids is 2. The van der Waals surface area contributed by atoms with Crippen molar-refractivity contribution in [3.63, 3.8) is 0 Å². The average Bonchev–Trinajstić information content (AvgIpc) is 1.62. The second kappa shape index (κ2) is 43.9. The van der Waals surface area contributed by atoms with E-state index >= 15 is 0 Å². The van der Waals surface area contributed by atoms with Crippen molar-refractivity contribution in [1.29, 1.82) is 0 Å². The maximum absolute atomic E-state index is 14.9. The van der Waals surface area contributed by atoms with Crippen LogP contribution >= 0.6 is 25.3 Å². The highest BCUT2D eigenvalue weighted by Crippen LogP contribution is 2.22. The maximum atomic E-state index is 14.9. The molecule has 0 aliphatic rings. The number of H-pyrrole nitrogens is 2. The summed E-state index contributed by atoms with van der Waals surface area (Å²) in [6, 6.07) is -5.37. The van der Waals surface area contributed by atoms with Gasteiger partial charge in [-0.1, -0.05) is 50.2 Å².